The first-order chi connectivity index (χ1) is 19.4. The third kappa shape index (κ3) is 6.55. The van der Waals surface area contributed by atoms with Crippen LogP contribution in [0.3, 0.4) is 0 Å². The molecule has 1 aromatic heterocycles. The van der Waals surface area contributed by atoms with E-state index < -0.39 is 0 Å². The van der Waals surface area contributed by atoms with E-state index in [1.807, 2.05) is 48.5 Å². The quantitative estimate of drug-likeness (QED) is 0.162. The summed E-state index contributed by atoms with van der Waals surface area (Å²) in [6.07, 6.45) is 7.03. The second kappa shape index (κ2) is 12.9. The van der Waals surface area contributed by atoms with Crippen molar-refractivity contribution in [2.45, 2.75) is 38.0 Å². The Kier molecular flexibility index (Phi) is 9.15. The zero-order chi connectivity index (χ0) is 28.1. The normalized spacial score (nSPS) is 14.0. The van der Waals surface area contributed by atoms with E-state index in [0.717, 1.165) is 39.3 Å². The molecule has 8 nitrogen and oxygen atoms in total. The lowest BCUT2D eigenvalue weighted by atomic mass is 9.88. The zero-order valence-corrected chi connectivity index (χ0v) is 25.6. The van der Waals surface area contributed by atoms with E-state index in [1.54, 1.807) is 25.5 Å². The summed E-state index contributed by atoms with van der Waals surface area (Å²) in [5.41, 5.74) is 1.89. The third-order valence-electron chi connectivity index (χ3n) is 6.78. The van der Waals surface area contributed by atoms with Gasteiger partial charge in [-0.15, -0.1) is 0 Å². The number of amides is 1. The molecule has 0 bridgehead atoms. The average Bonchev–Trinajstić information content (AvgIpc) is 2.97. The molecule has 1 N–H and O–H groups in total. The van der Waals surface area contributed by atoms with Gasteiger partial charge in [-0.2, -0.15) is 9.78 Å². The summed E-state index contributed by atoms with van der Waals surface area (Å²) in [5, 5.41) is 7.95. The van der Waals surface area contributed by atoms with Gasteiger partial charge in [-0.3, -0.25) is 9.59 Å². The molecule has 206 valence electrons. The minimum absolute atomic E-state index is 0.173. The van der Waals surface area contributed by atoms with Crippen LogP contribution in [-0.2, 0) is 4.79 Å². The van der Waals surface area contributed by atoms with Crippen LogP contribution in [0.15, 0.2) is 75.0 Å². The molecule has 0 atom stereocenters. The summed E-state index contributed by atoms with van der Waals surface area (Å²) < 4.78 is 14.4. The molecule has 3 aromatic carbocycles. The van der Waals surface area contributed by atoms with Crippen LogP contribution in [0.5, 0.6) is 11.5 Å². The fraction of sp³-hybridized carbons (Fsp3) is 0.267. The minimum Gasteiger partial charge on any atom is -0.493 e. The van der Waals surface area contributed by atoms with Crippen molar-refractivity contribution in [2.24, 2.45) is 5.10 Å². The largest absolute Gasteiger partial charge is 0.493 e. The predicted octanol–water partition coefficient (Wildman–Crippen LogP) is 6.72. The van der Waals surface area contributed by atoms with Crippen molar-refractivity contribution in [3.05, 3.63) is 90.4 Å². The van der Waals surface area contributed by atoms with Gasteiger partial charge >= 0.3 is 0 Å². The molecule has 1 heterocycles. The molecule has 0 radical (unpaired) electrons. The van der Waals surface area contributed by atoms with Crippen molar-refractivity contribution in [3.63, 3.8) is 0 Å². The number of para-hydroxylation sites is 1. The van der Waals surface area contributed by atoms with Crippen LogP contribution in [0, 0.1) is 3.57 Å². The second-order valence-electron chi connectivity index (χ2n) is 9.56. The van der Waals surface area contributed by atoms with Crippen molar-refractivity contribution >= 4 is 67.2 Å². The van der Waals surface area contributed by atoms with Gasteiger partial charge in [-0.25, -0.2) is 4.98 Å². The molecule has 1 aliphatic rings. The molecule has 5 rings (SSSR count). The number of aromatic nitrogens is 2. The molecule has 0 aliphatic heterocycles. The molecule has 1 amide bonds. The van der Waals surface area contributed by atoms with Gasteiger partial charge in [0.25, 0.3) is 11.5 Å². The van der Waals surface area contributed by atoms with Crippen LogP contribution in [-0.4, -0.2) is 35.5 Å². The summed E-state index contributed by atoms with van der Waals surface area (Å²) in [7, 11) is 1.54. The molecule has 1 saturated carbocycles. The summed E-state index contributed by atoms with van der Waals surface area (Å²) >= 11 is 5.60. The molecular weight excluding hydrogens is 687 g/mol. The third-order valence-corrected chi connectivity index (χ3v) is 8.08. The maximum absolute atomic E-state index is 13.6. The lowest BCUT2D eigenvalue weighted by Gasteiger charge is -2.22. The summed E-state index contributed by atoms with van der Waals surface area (Å²) in [4.78, 5) is 30.9. The van der Waals surface area contributed by atoms with Gasteiger partial charge in [-0.05, 0) is 83.5 Å². The number of rotatable bonds is 8. The number of nitrogens with one attached hydrogen (secondary N) is 1. The standard InChI is InChI=1S/C30H28BrIN4O4/c1-39-26-15-19(14-24(32)28(26)40-18-27(37)34-22-10-6-3-7-11-22)17-33-36-29(20-8-4-2-5-9-20)35-25-13-12-21(31)16-23(25)30(36)38/h3,6-7,10-17,20H,2,4-5,8-9,18H2,1H3,(H,34,37). The van der Waals surface area contributed by atoms with E-state index in [1.165, 1.54) is 11.1 Å². The predicted molar refractivity (Wildman–Crippen MR) is 169 cm³/mol. The molecule has 1 aliphatic carbocycles. The van der Waals surface area contributed by atoms with E-state index in [9.17, 15) is 9.59 Å². The number of hydrogen-bond donors (Lipinski definition) is 1. The smallest absolute Gasteiger partial charge is 0.282 e. The molecule has 1 fully saturated rings. The Bertz CT molecular complexity index is 1620. The van der Waals surface area contributed by atoms with Gasteiger partial charge in [0.05, 0.1) is 27.8 Å². The maximum atomic E-state index is 13.6. The highest BCUT2D eigenvalue weighted by molar-refractivity contribution is 14.1. The minimum atomic E-state index is -0.278. The average molecular weight is 715 g/mol. The van der Waals surface area contributed by atoms with Crippen LogP contribution in [0.25, 0.3) is 10.9 Å². The number of nitrogens with zero attached hydrogens (tertiary/aromatic N) is 3. The Morgan fingerprint density at radius 3 is 2.67 bits per heavy atom. The van der Waals surface area contributed by atoms with Gasteiger partial charge in [0.15, 0.2) is 18.1 Å². The number of methoxy groups -OCH3 is 1. The molecular formula is C30H28BrIN4O4. The van der Waals surface area contributed by atoms with Crippen LogP contribution < -0.4 is 20.3 Å². The SMILES string of the molecule is COc1cc(C=Nn2c(C3CCCCC3)nc3ccc(Br)cc3c2=O)cc(I)c1OCC(=O)Nc1ccccc1. The number of ether oxygens (including phenoxy) is 2. The molecule has 40 heavy (non-hydrogen) atoms. The summed E-state index contributed by atoms with van der Waals surface area (Å²) in [5.74, 6) is 1.52. The molecule has 4 aromatic rings. The highest BCUT2D eigenvalue weighted by Gasteiger charge is 2.22. The summed E-state index contributed by atoms with van der Waals surface area (Å²) in [6, 6.07) is 18.4. The van der Waals surface area contributed by atoms with Gasteiger partial charge in [0, 0.05) is 16.1 Å². The topological polar surface area (TPSA) is 94.8 Å². The number of halogens is 2. The van der Waals surface area contributed by atoms with Crippen molar-refractivity contribution in [1.82, 2.24) is 9.66 Å². The Hall–Kier alpha value is -3.25. The first-order valence-corrected chi connectivity index (χ1v) is 14.9. The molecule has 10 heteroatoms. The molecule has 0 saturated heterocycles. The number of benzene rings is 3. The number of fused-ring (bicyclic) bond motifs is 1. The van der Waals surface area contributed by atoms with Crippen LogP contribution in [0.1, 0.15) is 49.4 Å². The van der Waals surface area contributed by atoms with E-state index in [2.05, 4.69) is 48.9 Å². The van der Waals surface area contributed by atoms with Crippen LogP contribution in [0.2, 0.25) is 0 Å². The molecule has 0 spiro atoms. The van der Waals surface area contributed by atoms with Crippen LogP contribution in [0.4, 0.5) is 5.69 Å². The Morgan fingerprint density at radius 2 is 1.93 bits per heavy atom. The van der Waals surface area contributed by atoms with Crippen molar-refractivity contribution in [1.29, 1.82) is 0 Å². The summed E-state index contributed by atoms with van der Waals surface area (Å²) in [6.45, 7) is -0.173. The lowest BCUT2D eigenvalue weighted by Crippen LogP contribution is -2.25. The van der Waals surface area contributed by atoms with E-state index in [0.29, 0.717) is 33.9 Å². The first kappa shape index (κ1) is 28.3. The fourth-order valence-electron chi connectivity index (χ4n) is 4.84. The van der Waals surface area contributed by atoms with Gasteiger partial charge < -0.3 is 14.8 Å². The monoisotopic (exact) mass is 714 g/mol. The van der Waals surface area contributed by atoms with E-state index in [4.69, 9.17) is 14.5 Å². The van der Waals surface area contributed by atoms with Crippen molar-refractivity contribution in [2.75, 3.05) is 19.0 Å². The Labute approximate surface area is 254 Å². The lowest BCUT2D eigenvalue weighted by molar-refractivity contribution is -0.118. The highest BCUT2D eigenvalue weighted by atomic mass is 127. The van der Waals surface area contributed by atoms with Gasteiger partial charge in [0.2, 0.25) is 0 Å². The Morgan fingerprint density at radius 1 is 1.15 bits per heavy atom. The highest BCUT2D eigenvalue weighted by Crippen LogP contribution is 2.34. The fourth-order valence-corrected chi connectivity index (χ4v) is 5.98. The number of hydrogen-bond acceptors (Lipinski definition) is 6. The number of carbonyl (C=O) groups excluding carboxylic acids is 1. The maximum Gasteiger partial charge on any atom is 0.282 e. The van der Waals surface area contributed by atoms with Crippen molar-refractivity contribution in [3.8, 4) is 11.5 Å². The number of carbonyl (C=O) groups is 1. The second-order valence-corrected chi connectivity index (χ2v) is 11.6. The van der Waals surface area contributed by atoms with Crippen LogP contribution >= 0.6 is 38.5 Å². The van der Waals surface area contributed by atoms with Gasteiger partial charge in [0.1, 0.15) is 5.82 Å². The Balaban J connectivity index is 1.43. The van der Waals surface area contributed by atoms with Crippen molar-refractivity contribution < 1.29 is 14.3 Å². The van der Waals surface area contributed by atoms with E-state index >= 15 is 0 Å². The number of anilines is 1. The zero-order valence-electron chi connectivity index (χ0n) is 21.9. The molecule has 0 unspecified atom stereocenters. The van der Waals surface area contributed by atoms with Gasteiger partial charge in [-0.1, -0.05) is 53.4 Å². The van der Waals surface area contributed by atoms with E-state index in [-0.39, 0.29) is 24.0 Å². The first-order valence-electron chi connectivity index (χ1n) is 13.0.